The fourth-order valence-corrected chi connectivity index (χ4v) is 3.16. The second-order valence-corrected chi connectivity index (χ2v) is 6.13. The molecule has 2 aromatic rings. The lowest BCUT2D eigenvalue weighted by molar-refractivity contribution is 0.0693. The highest BCUT2D eigenvalue weighted by Gasteiger charge is 2.16. The maximum atomic E-state index is 5.66. The lowest BCUT2D eigenvalue weighted by Gasteiger charge is -2.22. The van der Waals surface area contributed by atoms with Crippen LogP contribution in [0.15, 0.2) is 36.5 Å². The number of hydrogen-bond donors (Lipinski definition) is 0. The molecule has 0 saturated heterocycles. The van der Waals surface area contributed by atoms with Gasteiger partial charge in [-0.15, -0.1) is 0 Å². The Labute approximate surface area is 132 Å². The Morgan fingerprint density at radius 3 is 2.82 bits per heavy atom. The van der Waals surface area contributed by atoms with Gasteiger partial charge in [-0.2, -0.15) is 0 Å². The first-order valence-corrected chi connectivity index (χ1v) is 8.07. The van der Waals surface area contributed by atoms with E-state index in [1.807, 2.05) is 6.07 Å². The highest BCUT2D eigenvalue weighted by molar-refractivity contribution is 5.18. The molecule has 118 valence electrons. The molecule has 1 aromatic carbocycles. The summed E-state index contributed by atoms with van der Waals surface area (Å²) in [4.78, 5) is 7.06. The molecule has 0 radical (unpaired) electrons. The van der Waals surface area contributed by atoms with E-state index in [4.69, 9.17) is 9.72 Å². The van der Waals surface area contributed by atoms with Gasteiger partial charge in [0.05, 0.1) is 11.8 Å². The molecule has 4 nitrogen and oxygen atoms in total. The number of methoxy groups -OCH3 is 1. The third-order valence-electron chi connectivity index (χ3n) is 4.32. The van der Waals surface area contributed by atoms with E-state index in [1.54, 1.807) is 7.11 Å². The SMILES string of the molecule is CO[C@H](CN(C)Cc1cn2c(n1)CCCC2)c1ccccc1. The summed E-state index contributed by atoms with van der Waals surface area (Å²) in [7, 11) is 3.91. The van der Waals surface area contributed by atoms with Crippen molar-refractivity contribution in [2.75, 3.05) is 20.7 Å². The van der Waals surface area contributed by atoms with Gasteiger partial charge >= 0.3 is 0 Å². The molecule has 1 atom stereocenters. The van der Waals surface area contributed by atoms with Crippen molar-refractivity contribution in [3.8, 4) is 0 Å². The second-order valence-electron chi connectivity index (χ2n) is 6.13. The van der Waals surface area contributed by atoms with Crippen LogP contribution < -0.4 is 0 Å². The summed E-state index contributed by atoms with van der Waals surface area (Å²) in [5.41, 5.74) is 2.39. The van der Waals surface area contributed by atoms with Crippen molar-refractivity contribution in [2.45, 2.75) is 38.5 Å². The molecule has 0 fully saturated rings. The third kappa shape index (κ3) is 3.57. The maximum absolute atomic E-state index is 5.66. The van der Waals surface area contributed by atoms with Crippen LogP contribution in [-0.2, 0) is 24.2 Å². The van der Waals surface area contributed by atoms with Crippen molar-refractivity contribution < 1.29 is 4.74 Å². The molecule has 1 aliphatic rings. The molecule has 0 bridgehead atoms. The minimum absolute atomic E-state index is 0.100. The van der Waals surface area contributed by atoms with Crippen LogP contribution in [0.3, 0.4) is 0 Å². The molecule has 3 rings (SSSR count). The van der Waals surface area contributed by atoms with Gasteiger partial charge in [-0.1, -0.05) is 30.3 Å². The number of ether oxygens (including phenoxy) is 1. The fraction of sp³-hybridized carbons (Fsp3) is 0.500. The quantitative estimate of drug-likeness (QED) is 0.821. The summed E-state index contributed by atoms with van der Waals surface area (Å²) in [5.74, 6) is 1.25. The zero-order valence-corrected chi connectivity index (χ0v) is 13.5. The van der Waals surface area contributed by atoms with E-state index in [2.05, 4.69) is 47.0 Å². The number of rotatable bonds is 6. The number of nitrogens with zero attached hydrogens (tertiary/aromatic N) is 3. The molecule has 1 aliphatic heterocycles. The van der Waals surface area contributed by atoms with Crippen molar-refractivity contribution in [3.05, 3.63) is 53.6 Å². The standard InChI is InChI=1S/C18H25N3O/c1-20(14-17(22-2)15-8-4-3-5-9-15)12-16-13-21-11-7-6-10-18(21)19-16/h3-5,8-9,13,17H,6-7,10-12,14H2,1-2H3/t17-/m1/s1. The zero-order chi connectivity index (χ0) is 15.4. The summed E-state index contributed by atoms with van der Waals surface area (Å²) >= 11 is 0. The minimum Gasteiger partial charge on any atom is -0.375 e. The Balaban J connectivity index is 1.61. The summed E-state index contributed by atoms with van der Waals surface area (Å²) < 4.78 is 7.98. The molecule has 0 unspecified atom stereocenters. The van der Waals surface area contributed by atoms with Gasteiger partial charge in [0, 0.05) is 39.4 Å². The molecular formula is C18H25N3O. The number of imidazole rings is 1. The summed E-state index contributed by atoms with van der Waals surface area (Å²) in [6, 6.07) is 10.4. The van der Waals surface area contributed by atoms with Crippen molar-refractivity contribution in [2.24, 2.45) is 0 Å². The van der Waals surface area contributed by atoms with Crippen LogP contribution in [-0.4, -0.2) is 35.2 Å². The molecule has 2 heterocycles. The molecule has 0 aliphatic carbocycles. The lowest BCUT2D eigenvalue weighted by atomic mass is 10.1. The van der Waals surface area contributed by atoms with Crippen LogP contribution in [0.5, 0.6) is 0 Å². The normalized spacial score (nSPS) is 15.8. The van der Waals surface area contributed by atoms with Crippen LogP contribution in [0.4, 0.5) is 0 Å². The lowest BCUT2D eigenvalue weighted by Crippen LogP contribution is -2.25. The number of likely N-dealkylation sites (N-methyl/N-ethyl adjacent to an activating group) is 1. The first-order valence-electron chi connectivity index (χ1n) is 8.07. The Kier molecular flexibility index (Phi) is 4.90. The van der Waals surface area contributed by atoms with Crippen molar-refractivity contribution in [1.29, 1.82) is 0 Å². The van der Waals surface area contributed by atoms with E-state index in [0.29, 0.717) is 0 Å². The molecule has 22 heavy (non-hydrogen) atoms. The van der Waals surface area contributed by atoms with Gasteiger partial charge in [-0.05, 0) is 25.5 Å². The van der Waals surface area contributed by atoms with E-state index in [-0.39, 0.29) is 6.10 Å². The van der Waals surface area contributed by atoms with E-state index in [9.17, 15) is 0 Å². The van der Waals surface area contributed by atoms with Crippen LogP contribution >= 0.6 is 0 Å². The second kappa shape index (κ2) is 7.07. The van der Waals surface area contributed by atoms with Gasteiger partial charge in [-0.3, -0.25) is 4.90 Å². The number of benzene rings is 1. The zero-order valence-electron chi connectivity index (χ0n) is 13.5. The topological polar surface area (TPSA) is 30.3 Å². The molecule has 0 amide bonds. The van der Waals surface area contributed by atoms with Gasteiger partial charge in [0.15, 0.2) is 0 Å². The van der Waals surface area contributed by atoms with Gasteiger partial charge in [0.1, 0.15) is 5.82 Å². The van der Waals surface area contributed by atoms with E-state index in [1.165, 1.54) is 29.9 Å². The summed E-state index contributed by atoms with van der Waals surface area (Å²) in [5, 5.41) is 0. The van der Waals surface area contributed by atoms with Crippen LogP contribution in [0, 0.1) is 0 Å². The van der Waals surface area contributed by atoms with Crippen LogP contribution in [0.2, 0.25) is 0 Å². The molecular weight excluding hydrogens is 274 g/mol. The Bertz CT molecular complexity index is 570. The Morgan fingerprint density at radius 2 is 2.09 bits per heavy atom. The largest absolute Gasteiger partial charge is 0.375 e. The average molecular weight is 299 g/mol. The number of hydrogen-bond acceptors (Lipinski definition) is 3. The minimum atomic E-state index is 0.100. The number of aromatic nitrogens is 2. The van der Waals surface area contributed by atoms with E-state index in [0.717, 1.165) is 26.1 Å². The van der Waals surface area contributed by atoms with Gasteiger partial charge in [0.2, 0.25) is 0 Å². The predicted octanol–water partition coefficient (Wildman–Crippen LogP) is 3.04. The summed E-state index contributed by atoms with van der Waals surface area (Å²) in [6.45, 7) is 2.85. The molecule has 4 heteroatoms. The van der Waals surface area contributed by atoms with E-state index >= 15 is 0 Å². The molecule has 1 aromatic heterocycles. The van der Waals surface area contributed by atoms with Crippen molar-refractivity contribution >= 4 is 0 Å². The smallest absolute Gasteiger partial charge is 0.109 e. The summed E-state index contributed by atoms with van der Waals surface area (Å²) in [6.07, 6.45) is 5.98. The van der Waals surface area contributed by atoms with Gasteiger partial charge in [0.25, 0.3) is 0 Å². The Hall–Kier alpha value is -1.65. The first-order chi connectivity index (χ1) is 10.8. The Morgan fingerprint density at radius 1 is 1.27 bits per heavy atom. The van der Waals surface area contributed by atoms with Gasteiger partial charge in [-0.25, -0.2) is 4.98 Å². The number of fused-ring (bicyclic) bond motifs is 1. The average Bonchev–Trinajstić information content (AvgIpc) is 2.95. The van der Waals surface area contributed by atoms with Crippen molar-refractivity contribution in [1.82, 2.24) is 14.5 Å². The van der Waals surface area contributed by atoms with Crippen LogP contribution in [0.1, 0.15) is 36.0 Å². The predicted molar refractivity (Wildman–Crippen MR) is 87.7 cm³/mol. The molecule has 0 saturated carbocycles. The highest BCUT2D eigenvalue weighted by Crippen LogP contribution is 2.19. The molecule has 0 N–H and O–H groups in total. The number of aryl methyl sites for hydroxylation is 2. The van der Waals surface area contributed by atoms with Crippen molar-refractivity contribution in [3.63, 3.8) is 0 Å². The van der Waals surface area contributed by atoms with E-state index < -0.39 is 0 Å². The van der Waals surface area contributed by atoms with Crippen LogP contribution in [0.25, 0.3) is 0 Å². The fourth-order valence-electron chi connectivity index (χ4n) is 3.16. The first kappa shape index (κ1) is 15.3. The van der Waals surface area contributed by atoms with Gasteiger partial charge < -0.3 is 9.30 Å². The molecule has 0 spiro atoms. The monoisotopic (exact) mass is 299 g/mol. The highest BCUT2D eigenvalue weighted by atomic mass is 16.5. The third-order valence-corrected chi connectivity index (χ3v) is 4.32. The maximum Gasteiger partial charge on any atom is 0.109 e.